The smallest absolute Gasteiger partial charge is 0.278 e. The number of aromatic nitrogens is 1. The number of carbonyl (C=O) groups is 2. The van der Waals surface area contributed by atoms with E-state index in [0.29, 0.717) is 22.5 Å². The second-order valence-electron chi connectivity index (χ2n) is 8.00. The molecule has 3 heterocycles. The molecule has 6 heteroatoms. The minimum atomic E-state index is -0.344. The molecule has 1 aromatic heterocycles. The molecule has 0 atom stereocenters. The van der Waals surface area contributed by atoms with Gasteiger partial charge in [-0.05, 0) is 54.8 Å². The van der Waals surface area contributed by atoms with E-state index in [1.165, 1.54) is 23.4 Å². The lowest BCUT2D eigenvalue weighted by Gasteiger charge is -2.18. The molecule has 32 heavy (non-hydrogen) atoms. The lowest BCUT2D eigenvalue weighted by molar-refractivity contribution is -0.137. The van der Waals surface area contributed by atoms with Gasteiger partial charge in [0.15, 0.2) is 0 Å². The highest BCUT2D eigenvalue weighted by molar-refractivity contribution is 6.36. The molecule has 2 aromatic carbocycles. The van der Waals surface area contributed by atoms with Gasteiger partial charge in [0.2, 0.25) is 0 Å². The first-order valence-corrected chi connectivity index (χ1v) is 10.9. The fourth-order valence-electron chi connectivity index (χ4n) is 4.24. The summed E-state index contributed by atoms with van der Waals surface area (Å²) in [5, 5.41) is 3.23. The molecule has 0 unspecified atom stereocenters. The van der Waals surface area contributed by atoms with Crippen molar-refractivity contribution in [2.24, 2.45) is 0 Å². The third kappa shape index (κ3) is 3.87. The van der Waals surface area contributed by atoms with E-state index in [0.717, 1.165) is 18.8 Å². The molecule has 2 aliphatic heterocycles. The summed E-state index contributed by atoms with van der Waals surface area (Å²) in [7, 11) is 0. The summed E-state index contributed by atoms with van der Waals surface area (Å²) in [5.41, 5.74) is 4.01. The molecule has 0 saturated carbocycles. The van der Waals surface area contributed by atoms with Gasteiger partial charge in [-0.2, -0.15) is 0 Å². The van der Waals surface area contributed by atoms with Crippen molar-refractivity contribution in [3.05, 3.63) is 95.9 Å². The first-order valence-electron chi connectivity index (χ1n) is 10.9. The average molecular weight is 425 g/mol. The van der Waals surface area contributed by atoms with Crippen LogP contribution in [0, 0.1) is 0 Å². The largest absolute Gasteiger partial charge is 0.372 e. The molecule has 0 aliphatic carbocycles. The summed E-state index contributed by atoms with van der Waals surface area (Å²) >= 11 is 0. The highest BCUT2D eigenvalue weighted by Gasteiger charge is 2.39. The number of pyridine rings is 1. The summed E-state index contributed by atoms with van der Waals surface area (Å²) in [5.74, 6) is -0.661. The Morgan fingerprint density at radius 2 is 1.53 bits per heavy atom. The number of hydrogen-bond donors (Lipinski definition) is 1. The van der Waals surface area contributed by atoms with Crippen LogP contribution in [-0.4, -0.2) is 34.8 Å². The van der Waals surface area contributed by atoms with Crippen molar-refractivity contribution in [1.82, 2.24) is 9.88 Å². The SMILES string of the molecule is O=C1C(Nc2ccc(N3CCCC3)cc2)=C(c2ccccc2)C(=O)N1Cc1ccccn1. The third-order valence-corrected chi connectivity index (χ3v) is 5.88. The molecule has 1 fully saturated rings. The van der Waals surface area contributed by atoms with Gasteiger partial charge in [0.25, 0.3) is 11.8 Å². The number of hydrogen-bond acceptors (Lipinski definition) is 5. The van der Waals surface area contributed by atoms with Crippen LogP contribution in [0.1, 0.15) is 24.1 Å². The molecule has 1 saturated heterocycles. The first-order chi connectivity index (χ1) is 15.7. The lowest BCUT2D eigenvalue weighted by atomic mass is 10.0. The zero-order chi connectivity index (χ0) is 21.9. The molecule has 1 N–H and O–H groups in total. The van der Waals surface area contributed by atoms with Gasteiger partial charge < -0.3 is 10.2 Å². The topological polar surface area (TPSA) is 65.5 Å². The average Bonchev–Trinajstić information content (AvgIpc) is 3.45. The van der Waals surface area contributed by atoms with Gasteiger partial charge in [-0.3, -0.25) is 19.5 Å². The van der Waals surface area contributed by atoms with Gasteiger partial charge in [-0.15, -0.1) is 0 Å². The molecular formula is C26H24N4O2. The van der Waals surface area contributed by atoms with Crippen molar-refractivity contribution >= 4 is 28.8 Å². The molecule has 0 radical (unpaired) electrons. The summed E-state index contributed by atoms with van der Waals surface area (Å²) < 4.78 is 0. The number of nitrogens with one attached hydrogen (secondary N) is 1. The van der Waals surface area contributed by atoms with Crippen LogP contribution in [0.2, 0.25) is 0 Å². The van der Waals surface area contributed by atoms with Crippen molar-refractivity contribution < 1.29 is 9.59 Å². The highest BCUT2D eigenvalue weighted by Crippen LogP contribution is 2.32. The summed E-state index contributed by atoms with van der Waals surface area (Å²) in [4.78, 5) is 34.5. The van der Waals surface area contributed by atoms with Crippen LogP contribution in [0.5, 0.6) is 0 Å². The van der Waals surface area contributed by atoms with Crippen molar-refractivity contribution in [1.29, 1.82) is 0 Å². The summed E-state index contributed by atoms with van der Waals surface area (Å²) in [6.07, 6.45) is 4.10. The lowest BCUT2D eigenvalue weighted by Crippen LogP contribution is -2.32. The number of anilines is 2. The predicted octanol–water partition coefficient (Wildman–Crippen LogP) is 4.07. The molecule has 3 aromatic rings. The van der Waals surface area contributed by atoms with Crippen LogP contribution < -0.4 is 10.2 Å². The number of imide groups is 1. The van der Waals surface area contributed by atoms with E-state index in [-0.39, 0.29) is 18.4 Å². The minimum Gasteiger partial charge on any atom is -0.372 e. The second-order valence-corrected chi connectivity index (χ2v) is 8.00. The van der Waals surface area contributed by atoms with Crippen LogP contribution >= 0.6 is 0 Å². The normalized spacial score (nSPS) is 16.2. The Hall–Kier alpha value is -3.93. The van der Waals surface area contributed by atoms with Crippen LogP contribution in [0.15, 0.2) is 84.7 Å². The van der Waals surface area contributed by atoms with Gasteiger partial charge in [0.05, 0.1) is 17.8 Å². The maximum Gasteiger partial charge on any atom is 0.278 e. The van der Waals surface area contributed by atoms with Gasteiger partial charge in [0, 0.05) is 30.7 Å². The second kappa shape index (κ2) is 8.67. The van der Waals surface area contributed by atoms with Gasteiger partial charge in [0.1, 0.15) is 5.70 Å². The summed E-state index contributed by atoms with van der Waals surface area (Å²) in [6, 6.07) is 22.8. The molecule has 5 rings (SSSR count). The zero-order valence-corrected chi connectivity index (χ0v) is 17.7. The first kappa shape index (κ1) is 20.0. The van der Waals surface area contributed by atoms with E-state index in [1.54, 1.807) is 6.20 Å². The van der Waals surface area contributed by atoms with Gasteiger partial charge >= 0.3 is 0 Å². The number of rotatable bonds is 6. The Morgan fingerprint density at radius 1 is 0.812 bits per heavy atom. The molecule has 160 valence electrons. The maximum atomic E-state index is 13.3. The monoisotopic (exact) mass is 424 g/mol. The van der Waals surface area contributed by atoms with E-state index >= 15 is 0 Å². The Balaban J connectivity index is 1.45. The number of nitrogens with zero attached hydrogens (tertiary/aromatic N) is 3. The summed E-state index contributed by atoms with van der Waals surface area (Å²) in [6.45, 7) is 2.28. The van der Waals surface area contributed by atoms with E-state index in [9.17, 15) is 9.59 Å². The molecule has 2 aliphatic rings. The quantitative estimate of drug-likeness (QED) is 0.604. The number of carbonyl (C=O) groups excluding carboxylic acids is 2. The van der Waals surface area contributed by atoms with E-state index in [1.807, 2.05) is 60.7 Å². The van der Waals surface area contributed by atoms with E-state index in [4.69, 9.17) is 0 Å². The standard InChI is InChI=1S/C26H24N4O2/c31-25-23(19-8-2-1-3-9-19)24(26(32)30(25)18-21-10-4-5-15-27-21)28-20-11-13-22(14-12-20)29-16-6-7-17-29/h1-5,8-15,28H,6-7,16-18H2. The van der Waals surface area contributed by atoms with Crippen LogP contribution in [0.3, 0.4) is 0 Å². The number of amides is 2. The Kier molecular flexibility index (Phi) is 5.42. The van der Waals surface area contributed by atoms with E-state index in [2.05, 4.69) is 27.3 Å². The fraction of sp³-hybridized carbons (Fsp3) is 0.192. The molecule has 6 nitrogen and oxygen atoms in total. The molecule has 2 amide bonds. The molecule has 0 bridgehead atoms. The van der Waals surface area contributed by atoms with E-state index < -0.39 is 0 Å². The number of benzene rings is 2. The zero-order valence-electron chi connectivity index (χ0n) is 17.7. The van der Waals surface area contributed by atoms with Crippen LogP contribution in [-0.2, 0) is 16.1 Å². The molecular weight excluding hydrogens is 400 g/mol. The Bertz CT molecular complexity index is 1150. The van der Waals surface area contributed by atoms with Crippen molar-refractivity contribution in [2.45, 2.75) is 19.4 Å². The van der Waals surface area contributed by atoms with Crippen molar-refractivity contribution in [3.8, 4) is 0 Å². The van der Waals surface area contributed by atoms with Crippen molar-refractivity contribution in [2.75, 3.05) is 23.3 Å². The maximum absolute atomic E-state index is 13.3. The highest BCUT2D eigenvalue weighted by atomic mass is 16.2. The molecule has 0 spiro atoms. The van der Waals surface area contributed by atoms with Crippen molar-refractivity contribution in [3.63, 3.8) is 0 Å². The Labute approximate surface area is 187 Å². The predicted molar refractivity (Wildman–Crippen MR) is 125 cm³/mol. The fourth-order valence-corrected chi connectivity index (χ4v) is 4.24. The van der Waals surface area contributed by atoms with Gasteiger partial charge in [-0.1, -0.05) is 36.4 Å². The third-order valence-electron chi connectivity index (χ3n) is 5.88. The Morgan fingerprint density at radius 3 is 2.22 bits per heavy atom. The van der Waals surface area contributed by atoms with Crippen LogP contribution in [0.25, 0.3) is 5.57 Å². The van der Waals surface area contributed by atoms with Crippen LogP contribution in [0.4, 0.5) is 11.4 Å². The van der Waals surface area contributed by atoms with Gasteiger partial charge in [-0.25, -0.2) is 0 Å². The minimum absolute atomic E-state index is 0.133.